The molecule has 2 atom stereocenters. The van der Waals surface area contributed by atoms with Gasteiger partial charge < -0.3 is 10.2 Å². The van der Waals surface area contributed by atoms with E-state index in [1.807, 2.05) is 0 Å². The van der Waals surface area contributed by atoms with Crippen LogP contribution < -0.4 is 10.2 Å². The van der Waals surface area contributed by atoms with Crippen molar-refractivity contribution in [3.63, 3.8) is 0 Å². The normalized spacial score (nSPS) is 25.7. The molecule has 2 aliphatic rings. The van der Waals surface area contributed by atoms with Gasteiger partial charge in [-0.1, -0.05) is 19.8 Å². The predicted molar refractivity (Wildman–Crippen MR) is 86.1 cm³/mol. The van der Waals surface area contributed by atoms with Gasteiger partial charge >= 0.3 is 0 Å². The SMILES string of the molecule is CCNCc1cc(F)cc(N2CCCC3CCCCC32)c1. The largest absolute Gasteiger partial charge is 0.368 e. The Hall–Kier alpha value is -1.09. The fraction of sp³-hybridized carbons (Fsp3) is 0.667. The van der Waals surface area contributed by atoms with Crippen LogP contribution in [0.5, 0.6) is 0 Å². The van der Waals surface area contributed by atoms with Crippen LogP contribution in [0.3, 0.4) is 0 Å². The molecule has 1 aliphatic carbocycles. The minimum Gasteiger partial charge on any atom is -0.368 e. The molecule has 2 unspecified atom stereocenters. The number of nitrogens with one attached hydrogen (secondary N) is 1. The first-order valence-corrected chi connectivity index (χ1v) is 8.54. The maximum absolute atomic E-state index is 14.0. The molecule has 0 radical (unpaired) electrons. The summed E-state index contributed by atoms with van der Waals surface area (Å²) in [5.41, 5.74) is 2.16. The van der Waals surface area contributed by atoms with Gasteiger partial charge in [-0.15, -0.1) is 0 Å². The van der Waals surface area contributed by atoms with E-state index < -0.39 is 0 Å². The second-order valence-electron chi connectivity index (χ2n) is 6.55. The first kappa shape index (κ1) is 14.8. The van der Waals surface area contributed by atoms with Crippen molar-refractivity contribution >= 4 is 5.69 Å². The molecule has 21 heavy (non-hydrogen) atoms. The third-order valence-electron chi connectivity index (χ3n) is 5.10. The summed E-state index contributed by atoms with van der Waals surface area (Å²) in [5.74, 6) is 0.728. The standard InChI is InChI=1S/C18H27FN2/c1-2-20-13-14-10-16(19)12-17(11-14)21-9-5-7-15-6-3-4-8-18(15)21/h10-12,15,18,20H,2-9,13H2,1H3. The average molecular weight is 290 g/mol. The van der Waals surface area contributed by atoms with Crippen LogP contribution in [0.25, 0.3) is 0 Å². The zero-order valence-electron chi connectivity index (χ0n) is 13.1. The fourth-order valence-corrected chi connectivity index (χ4v) is 4.12. The van der Waals surface area contributed by atoms with Crippen molar-refractivity contribution in [3.05, 3.63) is 29.6 Å². The molecule has 1 aliphatic heterocycles. The Morgan fingerprint density at radius 1 is 1.14 bits per heavy atom. The second-order valence-corrected chi connectivity index (χ2v) is 6.55. The third-order valence-corrected chi connectivity index (χ3v) is 5.10. The lowest BCUT2D eigenvalue weighted by atomic mass is 9.78. The zero-order chi connectivity index (χ0) is 14.7. The monoisotopic (exact) mass is 290 g/mol. The van der Waals surface area contributed by atoms with Crippen molar-refractivity contribution in [2.24, 2.45) is 5.92 Å². The summed E-state index contributed by atoms with van der Waals surface area (Å²) in [5, 5.41) is 3.29. The van der Waals surface area contributed by atoms with Crippen LogP contribution in [-0.4, -0.2) is 19.1 Å². The van der Waals surface area contributed by atoms with Crippen LogP contribution in [0.2, 0.25) is 0 Å². The lowest BCUT2D eigenvalue weighted by molar-refractivity contribution is 0.243. The molecule has 1 heterocycles. The minimum atomic E-state index is -0.0988. The summed E-state index contributed by atoms with van der Waals surface area (Å²) < 4.78 is 14.0. The smallest absolute Gasteiger partial charge is 0.125 e. The summed E-state index contributed by atoms with van der Waals surface area (Å²) in [7, 11) is 0. The van der Waals surface area contributed by atoms with Gasteiger partial charge in [0.2, 0.25) is 0 Å². The number of benzene rings is 1. The van der Waals surface area contributed by atoms with Gasteiger partial charge in [-0.05, 0) is 61.9 Å². The van der Waals surface area contributed by atoms with Crippen LogP contribution >= 0.6 is 0 Å². The molecule has 2 fully saturated rings. The van der Waals surface area contributed by atoms with Crippen LogP contribution in [0.1, 0.15) is 51.0 Å². The molecule has 1 aromatic rings. The number of nitrogens with zero attached hydrogens (tertiary/aromatic N) is 1. The summed E-state index contributed by atoms with van der Waals surface area (Å²) >= 11 is 0. The molecule has 1 saturated carbocycles. The van der Waals surface area contributed by atoms with E-state index in [-0.39, 0.29) is 5.82 Å². The van der Waals surface area contributed by atoms with Crippen molar-refractivity contribution < 1.29 is 4.39 Å². The van der Waals surface area contributed by atoms with Crippen LogP contribution in [0.4, 0.5) is 10.1 Å². The molecular weight excluding hydrogens is 263 g/mol. The van der Waals surface area contributed by atoms with Gasteiger partial charge in [-0.2, -0.15) is 0 Å². The molecule has 0 spiro atoms. The molecular formula is C18H27FN2. The number of anilines is 1. The van der Waals surface area contributed by atoms with E-state index in [1.165, 1.54) is 38.5 Å². The quantitative estimate of drug-likeness (QED) is 0.898. The van der Waals surface area contributed by atoms with Crippen LogP contribution in [0.15, 0.2) is 18.2 Å². The summed E-state index contributed by atoms with van der Waals surface area (Å²) in [6.07, 6.45) is 7.96. The molecule has 0 aromatic heterocycles. The van der Waals surface area contributed by atoms with Crippen molar-refractivity contribution in [2.75, 3.05) is 18.0 Å². The lowest BCUT2D eigenvalue weighted by Gasteiger charge is -2.45. The summed E-state index contributed by atoms with van der Waals surface area (Å²) in [4.78, 5) is 2.49. The highest BCUT2D eigenvalue weighted by molar-refractivity contribution is 5.50. The molecule has 116 valence electrons. The van der Waals surface area contributed by atoms with E-state index in [9.17, 15) is 4.39 Å². The molecule has 3 rings (SSSR count). The molecule has 0 amide bonds. The summed E-state index contributed by atoms with van der Waals surface area (Å²) in [6, 6.07) is 6.21. The van der Waals surface area contributed by atoms with Crippen molar-refractivity contribution in [3.8, 4) is 0 Å². The van der Waals surface area contributed by atoms with E-state index >= 15 is 0 Å². The molecule has 2 nitrogen and oxygen atoms in total. The highest BCUT2D eigenvalue weighted by Gasteiger charge is 2.33. The van der Waals surface area contributed by atoms with Crippen molar-refractivity contribution in [1.29, 1.82) is 0 Å². The first-order chi connectivity index (χ1) is 10.3. The van der Waals surface area contributed by atoms with Gasteiger partial charge in [0.05, 0.1) is 0 Å². The predicted octanol–water partition coefficient (Wildman–Crippen LogP) is 4.09. The molecule has 0 bridgehead atoms. The number of hydrogen-bond donors (Lipinski definition) is 1. The highest BCUT2D eigenvalue weighted by atomic mass is 19.1. The fourth-order valence-electron chi connectivity index (χ4n) is 4.12. The molecule has 1 saturated heterocycles. The maximum Gasteiger partial charge on any atom is 0.125 e. The lowest BCUT2D eigenvalue weighted by Crippen LogP contribution is -2.47. The number of rotatable bonds is 4. The molecule has 1 N–H and O–H groups in total. The Labute approximate surface area is 127 Å². The van der Waals surface area contributed by atoms with E-state index in [1.54, 1.807) is 12.1 Å². The maximum atomic E-state index is 14.0. The Balaban J connectivity index is 1.82. The van der Waals surface area contributed by atoms with E-state index in [0.717, 1.165) is 36.8 Å². The van der Waals surface area contributed by atoms with Crippen LogP contribution in [-0.2, 0) is 6.54 Å². The first-order valence-electron chi connectivity index (χ1n) is 8.54. The zero-order valence-corrected chi connectivity index (χ0v) is 13.1. The second kappa shape index (κ2) is 6.78. The van der Waals surface area contributed by atoms with Gasteiger partial charge in [0, 0.05) is 24.8 Å². The average Bonchev–Trinajstić information content (AvgIpc) is 2.52. The Bertz CT molecular complexity index is 472. The van der Waals surface area contributed by atoms with Gasteiger partial charge in [0.25, 0.3) is 0 Å². The minimum absolute atomic E-state index is 0.0988. The number of hydrogen-bond acceptors (Lipinski definition) is 2. The van der Waals surface area contributed by atoms with Crippen LogP contribution in [0, 0.1) is 11.7 Å². The van der Waals surface area contributed by atoms with E-state index in [2.05, 4.69) is 23.2 Å². The molecule has 1 aromatic carbocycles. The van der Waals surface area contributed by atoms with Crippen molar-refractivity contribution in [2.45, 2.75) is 58.0 Å². The Morgan fingerprint density at radius 3 is 2.81 bits per heavy atom. The van der Waals surface area contributed by atoms with Gasteiger partial charge in [-0.3, -0.25) is 0 Å². The number of piperidine rings is 1. The Kier molecular flexibility index (Phi) is 4.79. The van der Waals surface area contributed by atoms with E-state index in [4.69, 9.17) is 0 Å². The van der Waals surface area contributed by atoms with Crippen molar-refractivity contribution in [1.82, 2.24) is 5.32 Å². The molecule has 3 heteroatoms. The highest BCUT2D eigenvalue weighted by Crippen LogP contribution is 2.38. The van der Waals surface area contributed by atoms with Gasteiger partial charge in [0.1, 0.15) is 5.82 Å². The topological polar surface area (TPSA) is 15.3 Å². The third kappa shape index (κ3) is 3.39. The van der Waals surface area contributed by atoms with Gasteiger partial charge in [-0.25, -0.2) is 4.39 Å². The number of halogens is 1. The van der Waals surface area contributed by atoms with E-state index in [0.29, 0.717) is 6.04 Å². The number of fused-ring (bicyclic) bond motifs is 1. The Morgan fingerprint density at radius 2 is 1.95 bits per heavy atom. The summed E-state index contributed by atoms with van der Waals surface area (Å²) in [6.45, 7) is 4.84. The van der Waals surface area contributed by atoms with Gasteiger partial charge in [0.15, 0.2) is 0 Å².